The molecule has 0 bridgehead atoms. The standard InChI is InChI=1S/C23H32N3O9PS/c1-15(2)34-21(29)16(3)25-36(37,35-17-8-6-5-7-9-17)33-14-18(31-4)20(28)23(11-13-32-23)26-12-10-19(27)24-22(26)30/h5-10,12,15-16,18,20,28H,11,13-14H2,1-4H3,(H,25,37)(H,24,27,30)/t16?,18-,20-,23-,36?/m1/s1. The van der Waals surface area contributed by atoms with E-state index in [1.807, 2.05) is 0 Å². The molecular weight excluding hydrogens is 525 g/mol. The molecule has 1 saturated heterocycles. The fraction of sp³-hybridized carbons (Fsp3) is 0.522. The number of hydrogen-bond donors (Lipinski definition) is 3. The summed E-state index contributed by atoms with van der Waals surface area (Å²) in [5.74, 6) is -0.122. The number of esters is 1. The van der Waals surface area contributed by atoms with Gasteiger partial charge in [0.15, 0.2) is 5.72 Å². The van der Waals surface area contributed by atoms with Crippen LogP contribution in [0.1, 0.15) is 27.2 Å². The minimum absolute atomic E-state index is 0.274. The molecule has 1 aliphatic heterocycles. The summed E-state index contributed by atoms with van der Waals surface area (Å²) in [5, 5.41) is 14.2. The van der Waals surface area contributed by atoms with Crippen LogP contribution in [0.25, 0.3) is 0 Å². The number of carbonyl (C=O) groups is 1. The van der Waals surface area contributed by atoms with Gasteiger partial charge >= 0.3 is 18.3 Å². The number of aromatic nitrogens is 2. The van der Waals surface area contributed by atoms with E-state index in [0.717, 1.165) is 10.6 Å². The molecule has 204 valence electrons. The first kappa shape index (κ1) is 29.2. The Hall–Kier alpha value is -2.38. The van der Waals surface area contributed by atoms with Crippen molar-refractivity contribution in [2.24, 2.45) is 0 Å². The first-order valence-electron chi connectivity index (χ1n) is 11.6. The number of H-pyrrole nitrogens is 1. The van der Waals surface area contributed by atoms with Crippen LogP contribution >= 0.6 is 6.64 Å². The molecule has 0 radical (unpaired) electrons. The van der Waals surface area contributed by atoms with Crippen molar-refractivity contribution in [2.75, 3.05) is 20.3 Å². The zero-order valence-electron chi connectivity index (χ0n) is 21.0. The number of carbonyl (C=O) groups excluding carboxylic acids is 1. The number of aromatic amines is 1. The molecule has 1 aromatic heterocycles. The van der Waals surface area contributed by atoms with E-state index >= 15 is 0 Å². The van der Waals surface area contributed by atoms with Crippen LogP contribution in [0, 0.1) is 0 Å². The maximum Gasteiger partial charge on any atom is 0.330 e. The van der Waals surface area contributed by atoms with Crippen LogP contribution in [0.4, 0.5) is 0 Å². The molecule has 0 amide bonds. The minimum atomic E-state index is -3.40. The largest absolute Gasteiger partial charge is 0.462 e. The van der Waals surface area contributed by atoms with Gasteiger partial charge in [0.05, 0.1) is 19.3 Å². The number of para-hydroxylation sites is 1. The number of benzene rings is 1. The molecule has 3 N–H and O–H groups in total. The van der Waals surface area contributed by atoms with Crippen LogP contribution in [0.5, 0.6) is 5.75 Å². The third-order valence-corrected chi connectivity index (χ3v) is 8.10. The highest BCUT2D eigenvalue weighted by atomic mass is 32.5. The van der Waals surface area contributed by atoms with Gasteiger partial charge in [0, 0.05) is 25.8 Å². The molecule has 2 unspecified atom stereocenters. The summed E-state index contributed by atoms with van der Waals surface area (Å²) < 4.78 is 29.5. The average Bonchev–Trinajstić information content (AvgIpc) is 2.80. The van der Waals surface area contributed by atoms with E-state index in [1.54, 1.807) is 51.1 Å². The van der Waals surface area contributed by atoms with Crippen molar-refractivity contribution >= 4 is 24.4 Å². The van der Waals surface area contributed by atoms with Crippen molar-refractivity contribution < 1.29 is 33.2 Å². The lowest BCUT2D eigenvalue weighted by Gasteiger charge is -2.47. The molecular formula is C23H32N3O9PS. The molecule has 1 aromatic carbocycles. The summed E-state index contributed by atoms with van der Waals surface area (Å²) in [6.07, 6.45) is -1.21. The fourth-order valence-corrected chi connectivity index (χ4v) is 6.09. The molecule has 14 heteroatoms. The van der Waals surface area contributed by atoms with Crippen LogP contribution in [0.3, 0.4) is 0 Å². The van der Waals surface area contributed by atoms with Crippen LogP contribution in [-0.2, 0) is 41.1 Å². The number of hydrogen-bond acceptors (Lipinski definition) is 10. The third kappa shape index (κ3) is 7.14. The smallest absolute Gasteiger partial charge is 0.330 e. The van der Waals surface area contributed by atoms with E-state index < -0.39 is 47.8 Å². The van der Waals surface area contributed by atoms with Gasteiger partial charge in [-0.15, -0.1) is 0 Å². The van der Waals surface area contributed by atoms with Crippen molar-refractivity contribution in [3.63, 3.8) is 0 Å². The van der Waals surface area contributed by atoms with E-state index in [2.05, 4.69) is 10.1 Å². The molecule has 0 saturated carbocycles. The van der Waals surface area contributed by atoms with Crippen LogP contribution in [0.2, 0.25) is 0 Å². The topological polar surface area (TPSA) is 150 Å². The second-order valence-electron chi connectivity index (χ2n) is 8.68. The van der Waals surface area contributed by atoms with E-state index in [-0.39, 0.29) is 25.7 Å². The molecule has 2 heterocycles. The van der Waals surface area contributed by atoms with Gasteiger partial charge in [0.25, 0.3) is 5.56 Å². The predicted molar refractivity (Wildman–Crippen MR) is 138 cm³/mol. The van der Waals surface area contributed by atoms with Crippen LogP contribution in [0.15, 0.2) is 52.2 Å². The molecule has 5 atom stereocenters. The Labute approximate surface area is 219 Å². The SMILES string of the molecule is CO[C@H](COP(=S)(NC(C)C(=O)OC(C)C)Oc1ccccc1)[C@@H](O)[C@@]1(n2ccc(=O)[nH]c2=O)CCO1. The zero-order chi connectivity index (χ0) is 27.2. The lowest BCUT2D eigenvalue weighted by molar-refractivity contribution is -0.282. The number of ether oxygens (including phenoxy) is 3. The first-order chi connectivity index (χ1) is 17.5. The van der Waals surface area contributed by atoms with E-state index in [1.165, 1.54) is 13.3 Å². The second-order valence-corrected chi connectivity index (χ2v) is 11.8. The van der Waals surface area contributed by atoms with Gasteiger partial charge in [-0.1, -0.05) is 18.2 Å². The summed E-state index contributed by atoms with van der Waals surface area (Å²) in [6.45, 7) is 1.65. The van der Waals surface area contributed by atoms with Crippen LogP contribution in [-0.4, -0.2) is 65.3 Å². The minimum Gasteiger partial charge on any atom is -0.462 e. The number of nitrogens with one attached hydrogen (secondary N) is 2. The maximum atomic E-state index is 12.4. The van der Waals surface area contributed by atoms with Crippen molar-refractivity contribution in [1.29, 1.82) is 0 Å². The van der Waals surface area contributed by atoms with E-state index in [4.69, 9.17) is 35.1 Å². The highest BCUT2D eigenvalue weighted by molar-refractivity contribution is 8.09. The normalized spacial score (nSPS) is 21.4. The van der Waals surface area contributed by atoms with E-state index in [0.29, 0.717) is 5.75 Å². The van der Waals surface area contributed by atoms with E-state index in [9.17, 15) is 19.5 Å². The van der Waals surface area contributed by atoms with Crippen LogP contribution < -0.4 is 20.9 Å². The van der Waals surface area contributed by atoms with Gasteiger partial charge < -0.3 is 28.4 Å². The Bertz CT molecular complexity index is 1220. The van der Waals surface area contributed by atoms with Crippen molar-refractivity contribution in [2.45, 2.75) is 57.3 Å². The Morgan fingerprint density at radius 2 is 1.95 bits per heavy atom. The molecule has 0 spiro atoms. The average molecular weight is 558 g/mol. The van der Waals surface area contributed by atoms with Gasteiger partial charge in [0.1, 0.15) is 24.0 Å². The second kappa shape index (κ2) is 12.4. The molecule has 2 aromatic rings. The highest BCUT2D eigenvalue weighted by Gasteiger charge is 2.51. The number of methoxy groups -OCH3 is 1. The molecule has 12 nitrogen and oxygen atoms in total. The first-order valence-corrected chi connectivity index (χ1v) is 14.3. The molecule has 1 aliphatic rings. The van der Waals surface area contributed by atoms with Crippen molar-refractivity contribution in [1.82, 2.24) is 14.6 Å². The Balaban J connectivity index is 1.81. The third-order valence-electron chi connectivity index (χ3n) is 5.60. The molecule has 0 aliphatic carbocycles. The summed E-state index contributed by atoms with van der Waals surface area (Å²) in [4.78, 5) is 38.5. The Kier molecular flexibility index (Phi) is 9.81. The Morgan fingerprint density at radius 3 is 2.49 bits per heavy atom. The van der Waals surface area contributed by atoms with Gasteiger partial charge in [-0.2, -0.15) is 0 Å². The number of aliphatic hydroxyl groups is 1. The van der Waals surface area contributed by atoms with Gasteiger partial charge in [-0.25, -0.2) is 9.88 Å². The van der Waals surface area contributed by atoms with Crippen molar-refractivity contribution in [3.05, 3.63) is 63.4 Å². The quantitative estimate of drug-likeness (QED) is 0.241. The molecule has 3 rings (SSSR count). The lowest BCUT2D eigenvalue weighted by atomic mass is 9.93. The summed E-state index contributed by atoms with van der Waals surface area (Å²) in [6, 6.07) is 8.99. The summed E-state index contributed by atoms with van der Waals surface area (Å²) >= 11 is 5.69. The molecule has 37 heavy (non-hydrogen) atoms. The highest BCUT2D eigenvalue weighted by Crippen LogP contribution is 2.46. The number of rotatable bonds is 13. The zero-order valence-corrected chi connectivity index (χ0v) is 22.7. The number of nitrogens with zero attached hydrogens (tertiary/aromatic N) is 1. The van der Waals surface area contributed by atoms with Gasteiger partial charge in [-0.3, -0.25) is 19.1 Å². The van der Waals surface area contributed by atoms with Gasteiger partial charge in [-0.05, 0) is 44.7 Å². The van der Waals surface area contributed by atoms with Gasteiger partial charge in [0.2, 0.25) is 0 Å². The maximum absolute atomic E-state index is 12.4. The Morgan fingerprint density at radius 1 is 1.27 bits per heavy atom. The summed E-state index contributed by atoms with van der Waals surface area (Å²) in [5.41, 5.74) is -2.79. The van der Waals surface area contributed by atoms with Crippen molar-refractivity contribution in [3.8, 4) is 5.75 Å². The molecule has 1 fully saturated rings. The monoisotopic (exact) mass is 557 g/mol. The fourth-order valence-electron chi connectivity index (χ4n) is 3.68. The summed E-state index contributed by atoms with van der Waals surface area (Å²) in [7, 11) is 1.36. The predicted octanol–water partition coefficient (Wildman–Crippen LogP) is 1.24. The lowest BCUT2D eigenvalue weighted by Crippen LogP contribution is -2.63. The number of aliphatic hydroxyl groups excluding tert-OH is 1.